The number of aliphatic hydroxyl groups is 1. The van der Waals surface area contributed by atoms with Crippen LogP contribution in [-0.2, 0) is 4.57 Å². The molecule has 0 fully saturated rings. The van der Waals surface area contributed by atoms with E-state index in [1.54, 1.807) is 60.7 Å². The van der Waals surface area contributed by atoms with Gasteiger partial charge in [-0.3, -0.25) is 9.59 Å². The summed E-state index contributed by atoms with van der Waals surface area (Å²) in [6.07, 6.45) is -1.10. The molecule has 5 heteroatoms. The Bertz CT molecular complexity index is 1600. The summed E-state index contributed by atoms with van der Waals surface area (Å²) in [5, 5.41) is 11.3. The number of hydrogen-bond donors (Lipinski definition) is 1. The van der Waals surface area contributed by atoms with Gasteiger partial charge in [0.1, 0.15) is 6.10 Å². The van der Waals surface area contributed by atoms with Crippen molar-refractivity contribution < 1.29 is 19.3 Å². The maximum atomic E-state index is 13.8. The first kappa shape index (κ1) is 29.6. The molecule has 0 saturated heterocycles. The maximum Gasteiger partial charge on any atom is 0.230 e. The number of carbonyl (C=O) groups excluding carboxylic acids is 2. The third kappa shape index (κ3) is 6.69. The zero-order chi connectivity index (χ0) is 29.4. The molecule has 0 aliphatic rings. The van der Waals surface area contributed by atoms with Crippen molar-refractivity contribution in [3.8, 4) is 0 Å². The van der Waals surface area contributed by atoms with E-state index in [0.717, 1.165) is 16.7 Å². The van der Waals surface area contributed by atoms with Crippen LogP contribution in [0.4, 0.5) is 0 Å². The number of rotatable bonds is 7. The summed E-state index contributed by atoms with van der Waals surface area (Å²) in [7, 11) is -3.38. The minimum absolute atomic E-state index is 0.235. The van der Waals surface area contributed by atoms with E-state index in [1.807, 2.05) is 93.6 Å². The molecule has 5 aromatic rings. The van der Waals surface area contributed by atoms with E-state index in [1.165, 1.54) is 0 Å². The Morgan fingerprint density at radius 1 is 0.610 bits per heavy atom. The summed E-state index contributed by atoms with van der Waals surface area (Å²) >= 11 is 0. The molecule has 206 valence electrons. The first-order chi connectivity index (χ1) is 19.7. The van der Waals surface area contributed by atoms with Crippen molar-refractivity contribution in [2.45, 2.75) is 26.9 Å². The van der Waals surface area contributed by atoms with Gasteiger partial charge in [0.15, 0.2) is 5.78 Å². The highest BCUT2D eigenvalue weighted by Gasteiger charge is 2.36. The molecule has 0 bridgehead atoms. The van der Waals surface area contributed by atoms with Crippen molar-refractivity contribution in [2.24, 2.45) is 0 Å². The van der Waals surface area contributed by atoms with Crippen molar-refractivity contribution in [2.75, 3.05) is 0 Å². The summed E-state index contributed by atoms with van der Waals surface area (Å²) < 4.78 is 13.8. The largest absolute Gasteiger partial charge is 0.380 e. The first-order valence-corrected chi connectivity index (χ1v) is 15.1. The van der Waals surface area contributed by atoms with Gasteiger partial charge in [0.05, 0.1) is 0 Å². The van der Waals surface area contributed by atoms with Crippen LogP contribution in [0, 0.1) is 20.8 Å². The Kier molecular flexibility index (Phi) is 9.62. The Morgan fingerprint density at radius 3 is 1.44 bits per heavy atom. The third-order valence-corrected chi connectivity index (χ3v) is 9.71. The highest BCUT2D eigenvalue weighted by molar-refractivity contribution is 7.93. The van der Waals surface area contributed by atoms with Crippen LogP contribution in [0.5, 0.6) is 0 Å². The van der Waals surface area contributed by atoms with E-state index >= 15 is 0 Å². The SMILES string of the molecule is Cc1cc(C)c(C(=O)C(O)c2ccccc2)c(C)c1.O=C(c1ccccc1)P(=O)(c1ccccc1)c1ccccc1. The lowest BCUT2D eigenvalue weighted by Crippen LogP contribution is -2.22. The average Bonchev–Trinajstić information content (AvgIpc) is 3.01. The molecule has 0 aromatic heterocycles. The molecule has 0 amide bonds. The normalized spacial score (nSPS) is 11.6. The number of ketones is 1. The molecule has 41 heavy (non-hydrogen) atoms. The molecule has 1 unspecified atom stereocenters. The topological polar surface area (TPSA) is 71.4 Å². The van der Waals surface area contributed by atoms with Crippen LogP contribution in [0.15, 0.2) is 133 Å². The maximum absolute atomic E-state index is 13.8. The van der Waals surface area contributed by atoms with Gasteiger partial charge in [0, 0.05) is 21.7 Å². The lowest BCUT2D eigenvalue weighted by atomic mass is 9.92. The van der Waals surface area contributed by atoms with Crippen molar-refractivity contribution >= 4 is 29.1 Å². The molecular weight excluding hydrogens is 527 g/mol. The van der Waals surface area contributed by atoms with Crippen LogP contribution in [0.25, 0.3) is 0 Å². The Balaban J connectivity index is 0.000000191. The number of Topliss-reactive ketones (excluding diaryl/α,β-unsaturated/α-hetero) is 1. The lowest BCUT2D eigenvalue weighted by Gasteiger charge is -2.18. The molecule has 1 atom stereocenters. The number of hydrogen-bond acceptors (Lipinski definition) is 4. The van der Waals surface area contributed by atoms with Crippen LogP contribution in [0.1, 0.15) is 49.1 Å². The number of aliphatic hydroxyl groups excluding tert-OH is 1. The van der Waals surface area contributed by atoms with E-state index in [0.29, 0.717) is 27.3 Å². The van der Waals surface area contributed by atoms with Crippen molar-refractivity contribution in [1.82, 2.24) is 0 Å². The van der Waals surface area contributed by atoms with Gasteiger partial charge >= 0.3 is 0 Å². The average molecular weight is 561 g/mol. The van der Waals surface area contributed by atoms with Crippen LogP contribution in [0.2, 0.25) is 0 Å². The standard InChI is InChI=1S/C19H15O2P.C17H18O2/c20-19(16-10-4-1-5-11-16)22(21,17-12-6-2-7-13-17)18-14-8-3-9-15-18;1-11-9-12(2)15(13(3)10-11)17(19)16(18)14-7-5-4-6-8-14/h1-15H;4-10,16,18H,1-3H3. The van der Waals surface area contributed by atoms with Gasteiger partial charge in [0.2, 0.25) is 12.7 Å². The minimum atomic E-state index is -3.38. The second-order valence-corrected chi connectivity index (χ2v) is 12.6. The van der Waals surface area contributed by atoms with Gasteiger partial charge in [-0.2, -0.15) is 0 Å². The number of benzene rings is 5. The second-order valence-electron chi connectivity index (χ2n) is 9.90. The van der Waals surface area contributed by atoms with Gasteiger partial charge < -0.3 is 9.67 Å². The third-order valence-electron chi connectivity index (χ3n) is 6.83. The van der Waals surface area contributed by atoms with E-state index < -0.39 is 13.2 Å². The molecule has 0 saturated carbocycles. The van der Waals surface area contributed by atoms with E-state index in [4.69, 9.17) is 0 Å². The monoisotopic (exact) mass is 560 g/mol. The Morgan fingerprint density at radius 2 is 1.00 bits per heavy atom. The van der Waals surface area contributed by atoms with Crippen LogP contribution in [0.3, 0.4) is 0 Å². The van der Waals surface area contributed by atoms with Gasteiger partial charge in [-0.15, -0.1) is 0 Å². The van der Waals surface area contributed by atoms with E-state index in [2.05, 4.69) is 0 Å². The van der Waals surface area contributed by atoms with Crippen molar-refractivity contribution in [3.05, 3.63) is 167 Å². The van der Waals surface area contributed by atoms with Crippen molar-refractivity contribution in [3.63, 3.8) is 0 Å². The predicted octanol–water partition coefficient (Wildman–Crippen LogP) is 7.37. The molecule has 0 heterocycles. The van der Waals surface area contributed by atoms with Crippen LogP contribution >= 0.6 is 7.14 Å². The quantitative estimate of drug-likeness (QED) is 0.167. The zero-order valence-corrected chi connectivity index (χ0v) is 24.3. The smallest absolute Gasteiger partial charge is 0.230 e. The van der Waals surface area contributed by atoms with Crippen LogP contribution < -0.4 is 10.6 Å². The summed E-state index contributed by atoms with van der Waals surface area (Å²) in [6.45, 7) is 5.82. The summed E-state index contributed by atoms with van der Waals surface area (Å²) in [5.74, 6) is -0.235. The molecule has 0 spiro atoms. The van der Waals surface area contributed by atoms with Crippen LogP contribution in [-0.4, -0.2) is 16.4 Å². The molecule has 5 aromatic carbocycles. The summed E-state index contributed by atoms with van der Waals surface area (Å²) in [5.41, 5.74) is 4.36. The molecule has 5 rings (SSSR count). The Labute approximate surface area is 241 Å². The molecule has 0 aliphatic carbocycles. The second kappa shape index (κ2) is 13.3. The minimum Gasteiger partial charge on any atom is -0.380 e. The highest BCUT2D eigenvalue weighted by Crippen LogP contribution is 2.46. The zero-order valence-electron chi connectivity index (χ0n) is 23.4. The van der Waals surface area contributed by atoms with E-state index in [9.17, 15) is 19.3 Å². The first-order valence-electron chi connectivity index (χ1n) is 13.4. The van der Waals surface area contributed by atoms with Gasteiger partial charge in [-0.25, -0.2) is 0 Å². The van der Waals surface area contributed by atoms with Crippen molar-refractivity contribution in [1.29, 1.82) is 0 Å². The fourth-order valence-corrected chi connectivity index (χ4v) is 7.38. The summed E-state index contributed by atoms with van der Waals surface area (Å²) in [6, 6.07) is 39.8. The molecule has 0 aliphatic heterocycles. The predicted molar refractivity (Wildman–Crippen MR) is 167 cm³/mol. The highest BCUT2D eigenvalue weighted by atomic mass is 31.2. The van der Waals surface area contributed by atoms with E-state index in [-0.39, 0.29) is 11.3 Å². The summed E-state index contributed by atoms with van der Waals surface area (Å²) in [4.78, 5) is 25.5. The van der Waals surface area contributed by atoms with Gasteiger partial charge in [-0.05, 0) is 37.5 Å². The lowest BCUT2D eigenvalue weighted by molar-refractivity contribution is 0.0746. The Hall–Kier alpha value is -4.37. The molecular formula is C36H33O4P. The molecule has 4 nitrogen and oxygen atoms in total. The number of carbonyl (C=O) groups is 2. The van der Waals surface area contributed by atoms with Gasteiger partial charge in [-0.1, -0.05) is 139 Å². The van der Waals surface area contributed by atoms with Gasteiger partial charge in [0.25, 0.3) is 0 Å². The molecule has 1 N–H and O–H groups in total. The fraction of sp³-hybridized carbons (Fsp3) is 0.111. The fourth-order valence-electron chi connectivity index (χ4n) is 4.91. The molecule has 0 radical (unpaired) electrons. The number of aryl methyl sites for hydroxylation is 3.